The zero-order chi connectivity index (χ0) is 11.0. The standard InChI is InChI=1S/C12H26ClN/c1-5-9-14(11(2)3)10-7-12(4)6-8-13/h11-12H,5-10H2,1-4H3. The fourth-order valence-corrected chi connectivity index (χ4v) is 2.00. The number of hydrogen-bond donors (Lipinski definition) is 0. The molecule has 14 heavy (non-hydrogen) atoms. The van der Waals surface area contributed by atoms with E-state index in [2.05, 4.69) is 32.6 Å². The summed E-state index contributed by atoms with van der Waals surface area (Å²) in [5.41, 5.74) is 0. The van der Waals surface area contributed by atoms with E-state index in [1.54, 1.807) is 0 Å². The Hall–Kier alpha value is 0.250. The first kappa shape index (κ1) is 14.2. The zero-order valence-electron chi connectivity index (χ0n) is 10.2. The Bertz CT molecular complexity index is 125. The molecule has 0 aliphatic rings. The molecular weight excluding hydrogens is 194 g/mol. The van der Waals surface area contributed by atoms with Gasteiger partial charge >= 0.3 is 0 Å². The molecule has 1 atom stereocenters. The predicted octanol–water partition coefficient (Wildman–Crippen LogP) is 3.76. The van der Waals surface area contributed by atoms with Gasteiger partial charge in [-0.3, -0.25) is 0 Å². The van der Waals surface area contributed by atoms with E-state index in [1.807, 2.05) is 0 Å². The predicted molar refractivity (Wildman–Crippen MR) is 66.1 cm³/mol. The molecular formula is C12H26ClN. The molecule has 0 bridgehead atoms. The highest BCUT2D eigenvalue weighted by molar-refractivity contribution is 6.17. The van der Waals surface area contributed by atoms with Gasteiger partial charge in [0.1, 0.15) is 0 Å². The van der Waals surface area contributed by atoms with E-state index in [9.17, 15) is 0 Å². The van der Waals surface area contributed by atoms with E-state index < -0.39 is 0 Å². The average Bonchev–Trinajstić information content (AvgIpc) is 2.12. The first-order chi connectivity index (χ1) is 6.61. The summed E-state index contributed by atoms with van der Waals surface area (Å²) in [6, 6.07) is 0.679. The van der Waals surface area contributed by atoms with Crippen LogP contribution in [0.2, 0.25) is 0 Å². The Morgan fingerprint density at radius 1 is 1.07 bits per heavy atom. The molecule has 0 fully saturated rings. The summed E-state index contributed by atoms with van der Waals surface area (Å²) < 4.78 is 0. The van der Waals surface area contributed by atoms with Gasteiger partial charge in [-0.15, -0.1) is 11.6 Å². The van der Waals surface area contributed by atoms with Crippen LogP contribution in [-0.2, 0) is 0 Å². The van der Waals surface area contributed by atoms with Crippen molar-refractivity contribution in [2.24, 2.45) is 5.92 Å². The fraction of sp³-hybridized carbons (Fsp3) is 1.00. The number of halogens is 1. The van der Waals surface area contributed by atoms with Gasteiger partial charge in [0.2, 0.25) is 0 Å². The third-order valence-corrected chi connectivity index (χ3v) is 2.97. The van der Waals surface area contributed by atoms with Gasteiger partial charge in [-0.1, -0.05) is 13.8 Å². The molecule has 2 heteroatoms. The molecule has 0 N–H and O–H groups in total. The quantitative estimate of drug-likeness (QED) is 0.562. The number of rotatable bonds is 8. The molecule has 0 saturated heterocycles. The Balaban J connectivity index is 3.69. The Morgan fingerprint density at radius 3 is 2.14 bits per heavy atom. The topological polar surface area (TPSA) is 3.24 Å². The minimum Gasteiger partial charge on any atom is -0.301 e. The van der Waals surface area contributed by atoms with Crippen LogP contribution < -0.4 is 0 Å². The molecule has 0 heterocycles. The minimum atomic E-state index is 0.679. The minimum absolute atomic E-state index is 0.679. The third kappa shape index (κ3) is 6.67. The van der Waals surface area contributed by atoms with Crippen LogP contribution in [0.4, 0.5) is 0 Å². The summed E-state index contributed by atoms with van der Waals surface area (Å²) >= 11 is 5.72. The van der Waals surface area contributed by atoms with Crippen LogP contribution in [0, 0.1) is 5.92 Å². The monoisotopic (exact) mass is 219 g/mol. The first-order valence-electron chi connectivity index (χ1n) is 5.91. The van der Waals surface area contributed by atoms with Crippen molar-refractivity contribution in [3.63, 3.8) is 0 Å². The first-order valence-corrected chi connectivity index (χ1v) is 6.45. The van der Waals surface area contributed by atoms with Crippen molar-refractivity contribution in [2.45, 2.75) is 53.0 Å². The fourth-order valence-electron chi connectivity index (χ4n) is 1.63. The summed E-state index contributed by atoms with van der Waals surface area (Å²) in [5, 5.41) is 0. The number of hydrogen-bond acceptors (Lipinski definition) is 1. The van der Waals surface area contributed by atoms with E-state index in [-0.39, 0.29) is 0 Å². The average molecular weight is 220 g/mol. The molecule has 0 rings (SSSR count). The Kier molecular flexibility index (Phi) is 8.70. The maximum atomic E-state index is 5.72. The normalized spacial score (nSPS) is 13.9. The maximum Gasteiger partial charge on any atom is 0.0225 e. The molecule has 0 radical (unpaired) electrons. The van der Waals surface area contributed by atoms with Crippen LogP contribution in [0.15, 0.2) is 0 Å². The van der Waals surface area contributed by atoms with Crippen molar-refractivity contribution in [3.05, 3.63) is 0 Å². The van der Waals surface area contributed by atoms with Gasteiger partial charge in [0.25, 0.3) is 0 Å². The molecule has 0 aromatic heterocycles. The van der Waals surface area contributed by atoms with E-state index >= 15 is 0 Å². The zero-order valence-corrected chi connectivity index (χ0v) is 11.0. The van der Waals surface area contributed by atoms with Crippen molar-refractivity contribution in [1.29, 1.82) is 0 Å². The molecule has 0 spiro atoms. The second-order valence-electron chi connectivity index (χ2n) is 4.50. The van der Waals surface area contributed by atoms with Gasteiger partial charge in [0.05, 0.1) is 0 Å². The third-order valence-electron chi connectivity index (χ3n) is 2.75. The van der Waals surface area contributed by atoms with Crippen LogP contribution in [0.3, 0.4) is 0 Å². The largest absolute Gasteiger partial charge is 0.301 e. The smallest absolute Gasteiger partial charge is 0.0225 e. The highest BCUT2D eigenvalue weighted by atomic mass is 35.5. The Morgan fingerprint density at radius 2 is 1.71 bits per heavy atom. The molecule has 0 aromatic carbocycles. The Labute approximate surface area is 94.8 Å². The summed E-state index contributed by atoms with van der Waals surface area (Å²) in [7, 11) is 0. The lowest BCUT2D eigenvalue weighted by Crippen LogP contribution is -2.33. The van der Waals surface area contributed by atoms with Crippen LogP contribution in [0.1, 0.15) is 47.0 Å². The number of nitrogens with zero attached hydrogens (tertiary/aromatic N) is 1. The van der Waals surface area contributed by atoms with Gasteiger partial charge in [-0.05, 0) is 52.1 Å². The van der Waals surface area contributed by atoms with E-state index in [0.717, 1.165) is 18.2 Å². The van der Waals surface area contributed by atoms with Gasteiger partial charge < -0.3 is 4.90 Å². The van der Waals surface area contributed by atoms with Crippen molar-refractivity contribution in [2.75, 3.05) is 19.0 Å². The second kappa shape index (κ2) is 8.55. The molecule has 0 aromatic rings. The van der Waals surface area contributed by atoms with Gasteiger partial charge in [-0.2, -0.15) is 0 Å². The summed E-state index contributed by atoms with van der Waals surface area (Å²) in [6.45, 7) is 11.6. The lowest BCUT2D eigenvalue weighted by atomic mass is 10.0. The highest BCUT2D eigenvalue weighted by Gasteiger charge is 2.09. The van der Waals surface area contributed by atoms with Crippen LogP contribution in [0.5, 0.6) is 0 Å². The molecule has 1 nitrogen and oxygen atoms in total. The summed E-state index contributed by atoms with van der Waals surface area (Å²) in [5.74, 6) is 1.57. The highest BCUT2D eigenvalue weighted by Crippen LogP contribution is 2.11. The van der Waals surface area contributed by atoms with E-state index in [0.29, 0.717) is 6.04 Å². The van der Waals surface area contributed by atoms with Crippen LogP contribution in [0.25, 0.3) is 0 Å². The van der Waals surface area contributed by atoms with Crippen molar-refractivity contribution in [3.8, 4) is 0 Å². The maximum absolute atomic E-state index is 5.72. The molecule has 0 saturated carbocycles. The molecule has 0 amide bonds. The van der Waals surface area contributed by atoms with Crippen LogP contribution in [-0.4, -0.2) is 29.9 Å². The van der Waals surface area contributed by atoms with Gasteiger partial charge in [-0.25, -0.2) is 0 Å². The van der Waals surface area contributed by atoms with Gasteiger partial charge in [0, 0.05) is 11.9 Å². The molecule has 86 valence electrons. The lowest BCUT2D eigenvalue weighted by molar-refractivity contribution is 0.207. The summed E-state index contributed by atoms with van der Waals surface area (Å²) in [6.07, 6.45) is 3.69. The molecule has 0 aliphatic heterocycles. The van der Waals surface area contributed by atoms with E-state index in [1.165, 1.54) is 25.9 Å². The number of alkyl halides is 1. The molecule has 0 aliphatic carbocycles. The van der Waals surface area contributed by atoms with Gasteiger partial charge in [0.15, 0.2) is 0 Å². The lowest BCUT2D eigenvalue weighted by Gasteiger charge is -2.27. The molecule has 1 unspecified atom stereocenters. The van der Waals surface area contributed by atoms with Crippen molar-refractivity contribution >= 4 is 11.6 Å². The SMILES string of the molecule is CCCN(CCC(C)CCCl)C(C)C. The van der Waals surface area contributed by atoms with E-state index in [4.69, 9.17) is 11.6 Å². The summed E-state index contributed by atoms with van der Waals surface area (Å²) in [4.78, 5) is 2.56. The second-order valence-corrected chi connectivity index (χ2v) is 4.88. The van der Waals surface area contributed by atoms with Crippen molar-refractivity contribution in [1.82, 2.24) is 4.90 Å². The van der Waals surface area contributed by atoms with Crippen LogP contribution >= 0.6 is 11.6 Å². The van der Waals surface area contributed by atoms with Crippen molar-refractivity contribution < 1.29 is 0 Å².